The van der Waals surface area contributed by atoms with E-state index in [4.69, 9.17) is 4.42 Å². The van der Waals surface area contributed by atoms with Crippen LogP contribution in [0.1, 0.15) is 25.0 Å². The summed E-state index contributed by atoms with van der Waals surface area (Å²) in [5, 5.41) is 3.45. The fourth-order valence-corrected chi connectivity index (χ4v) is 1.89. The molecule has 1 saturated heterocycles. The highest BCUT2D eigenvalue weighted by molar-refractivity contribution is 4.91. The SMILES string of the molecule is c1ncc(CC2CCCCNC2)o1. The van der Waals surface area contributed by atoms with E-state index in [0.717, 1.165) is 24.6 Å². The van der Waals surface area contributed by atoms with E-state index < -0.39 is 0 Å². The molecule has 0 aliphatic carbocycles. The molecule has 1 unspecified atom stereocenters. The Morgan fingerprint density at radius 2 is 2.54 bits per heavy atom. The summed E-state index contributed by atoms with van der Waals surface area (Å²) in [4.78, 5) is 3.92. The molecule has 0 aromatic carbocycles. The van der Waals surface area contributed by atoms with Crippen molar-refractivity contribution >= 4 is 0 Å². The molecule has 0 spiro atoms. The van der Waals surface area contributed by atoms with Crippen molar-refractivity contribution in [3.8, 4) is 0 Å². The molecule has 1 atom stereocenters. The first-order valence-electron chi connectivity index (χ1n) is 5.03. The molecule has 0 amide bonds. The zero-order valence-electron chi connectivity index (χ0n) is 7.83. The summed E-state index contributed by atoms with van der Waals surface area (Å²) in [6.45, 7) is 2.30. The zero-order chi connectivity index (χ0) is 8.93. The molecule has 1 fully saturated rings. The molecule has 1 aliphatic rings. The zero-order valence-corrected chi connectivity index (χ0v) is 7.83. The van der Waals surface area contributed by atoms with Gasteiger partial charge in [-0.15, -0.1) is 0 Å². The Morgan fingerprint density at radius 3 is 3.38 bits per heavy atom. The molecule has 2 heterocycles. The summed E-state index contributed by atoms with van der Waals surface area (Å²) in [6, 6.07) is 0. The molecular formula is C10H16N2O. The van der Waals surface area contributed by atoms with Gasteiger partial charge in [0.25, 0.3) is 0 Å². The second-order valence-electron chi connectivity index (χ2n) is 3.74. The second-order valence-corrected chi connectivity index (χ2v) is 3.74. The number of oxazole rings is 1. The number of nitrogens with zero attached hydrogens (tertiary/aromatic N) is 1. The molecule has 0 saturated carbocycles. The minimum absolute atomic E-state index is 0.732. The summed E-state index contributed by atoms with van der Waals surface area (Å²) in [5.41, 5.74) is 0. The van der Waals surface area contributed by atoms with E-state index in [-0.39, 0.29) is 0 Å². The Kier molecular flexibility index (Phi) is 2.98. The smallest absolute Gasteiger partial charge is 0.180 e. The fraction of sp³-hybridized carbons (Fsp3) is 0.700. The molecule has 13 heavy (non-hydrogen) atoms. The quantitative estimate of drug-likeness (QED) is 0.751. The van der Waals surface area contributed by atoms with Gasteiger partial charge in [0, 0.05) is 6.42 Å². The first-order valence-corrected chi connectivity index (χ1v) is 5.03. The predicted molar refractivity (Wildman–Crippen MR) is 50.4 cm³/mol. The van der Waals surface area contributed by atoms with Gasteiger partial charge in [0.05, 0.1) is 6.20 Å². The van der Waals surface area contributed by atoms with Crippen molar-refractivity contribution in [2.75, 3.05) is 13.1 Å². The third-order valence-corrected chi connectivity index (χ3v) is 2.62. The van der Waals surface area contributed by atoms with Crippen molar-refractivity contribution in [1.82, 2.24) is 10.3 Å². The van der Waals surface area contributed by atoms with Gasteiger partial charge in [-0.05, 0) is 31.8 Å². The number of aromatic nitrogens is 1. The minimum atomic E-state index is 0.732. The monoisotopic (exact) mass is 180 g/mol. The van der Waals surface area contributed by atoms with Gasteiger partial charge in [0.2, 0.25) is 0 Å². The molecule has 2 rings (SSSR count). The molecule has 3 nitrogen and oxygen atoms in total. The summed E-state index contributed by atoms with van der Waals surface area (Å²) < 4.78 is 5.24. The topological polar surface area (TPSA) is 38.1 Å². The van der Waals surface area contributed by atoms with E-state index >= 15 is 0 Å². The Bertz CT molecular complexity index is 225. The molecule has 72 valence electrons. The van der Waals surface area contributed by atoms with Crippen molar-refractivity contribution in [1.29, 1.82) is 0 Å². The van der Waals surface area contributed by atoms with Crippen molar-refractivity contribution in [3.63, 3.8) is 0 Å². The average molecular weight is 180 g/mol. The summed E-state index contributed by atoms with van der Waals surface area (Å²) >= 11 is 0. The van der Waals surface area contributed by atoms with Gasteiger partial charge in [-0.25, -0.2) is 4.98 Å². The summed E-state index contributed by atoms with van der Waals surface area (Å²) in [6.07, 6.45) is 8.34. The lowest BCUT2D eigenvalue weighted by atomic mass is 9.99. The highest BCUT2D eigenvalue weighted by Crippen LogP contribution is 2.16. The molecule has 0 radical (unpaired) electrons. The van der Waals surface area contributed by atoms with E-state index in [9.17, 15) is 0 Å². The molecule has 1 N–H and O–H groups in total. The lowest BCUT2D eigenvalue weighted by Gasteiger charge is -2.11. The number of nitrogens with one attached hydrogen (secondary N) is 1. The van der Waals surface area contributed by atoms with Crippen molar-refractivity contribution in [2.45, 2.75) is 25.7 Å². The lowest BCUT2D eigenvalue weighted by Crippen LogP contribution is -2.21. The van der Waals surface area contributed by atoms with Crippen LogP contribution in [0.4, 0.5) is 0 Å². The van der Waals surface area contributed by atoms with E-state index in [1.165, 1.54) is 32.2 Å². The van der Waals surface area contributed by atoms with E-state index in [1.807, 2.05) is 6.20 Å². The van der Waals surface area contributed by atoms with Crippen LogP contribution >= 0.6 is 0 Å². The van der Waals surface area contributed by atoms with Crippen LogP contribution in [-0.2, 0) is 6.42 Å². The maximum Gasteiger partial charge on any atom is 0.180 e. The fourth-order valence-electron chi connectivity index (χ4n) is 1.89. The van der Waals surface area contributed by atoms with Crippen molar-refractivity contribution in [3.05, 3.63) is 18.4 Å². The van der Waals surface area contributed by atoms with Gasteiger partial charge in [0.15, 0.2) is 6.39 Å². The van der Waals surface area contributed by atoms with Crippen LogP contribution < -0.4 is 5.32 Å². The largest absolute Gasteiger partial charge is 0.449 e. The van der Waals surface area contributed by atoms with Gasteiger partial charge < -0.3 is 9.73 Å². The molecule has 1 aromatic rings. The maximum absolute atomic E-state index is 5.24. The third kappa shape index (κ3) is 2.56. The normalized spacial score (nSPS) is 24.2. The minimum Gasteiger partial charge on any atom is -0.449 e. The van der Waals surface area contributed by atoms with E-state index in [0.29, 0.717) is 0 Å². The van der Waals surface area contributed by atoms with Gasteiger partial charge in [0.1, 0.15) is 5.76 Å². The van der Waals surface area contributed by atoms with Gasteiger partial charge in [-0.3, -0.25) is 0 Å². The van der Waals surface area contributed by atoms with E-state index in [2.05, 4.69) is 10.3 Å². The highest BCUT2D eigenvalue weighted by atomic mass is 16.3. The third-order valence-electron chi connectivity index (χ3n) is 2.62. The molecule has 1 aliphatic heterocycles. The van der Waals surface area contributed by atoms with Crippen molar-refractivity contribution < 1.29 is 4.42 Å². The molecule has 1 aromatic heterocycles. The van der Waals surface area contributed by atoms with Gasteiger partial charge in [-0.2, -0.15) is 0 Å². The van der Waals surface area contributed by atoms with Crippen LogP contribution in [0.25, 0.3) is 0 Å². The highest BCUT2D eigenvalue weighted by Gasteiger charge is 2.13. The first kappa shape index (κ1) is 8.75. The van der Waals surface area contributed by atoms with Gasteiger partial charge in [-0.1, -0.05) is 6.42 Å². The molecule has 3 heteroatoms. The van der Waals surface area contributed by atoms with Crippen molar-refractivity contribution in [2.24, 2.45) is 5.92 Å². The van der Waals surface area contributed by atoms with Crippen LogP contribution in [0.5, 0.6) is 0 Å². The molecule has 0 bridgehead atoms. The van der Waals surface area contributed by atoms with Crippen LogP contribution in [0.2, 0.25) is 0 Å². The standard InChI is InChI=1S/C10H16N2O/c1-2-4-11-6-9(3-1)5-10-7-12-8-13-10/h7-9,11H,1-6H2. The lowest BCUT2D eigenvalue weighted by molar-refractivity contribution is 0.414. The molecular weight excluding hydrogens is 164 g/mol. The Labute approximate surface area is 78.5 Å². The van der Waals surface area contributed by atoms with Gasteiger partial charge >= 0.3 is 0 Å². The second kappa shape index (κ2) is 4.42. The van der Waals surface area contributed by atoms with Crippen LogP contribution in [-0.4, -0.2) is 18.1 Å². The summed E-state index contributed by atoms with van der Waals surface area (Å²) in [5.74, 6) is 1.75. The van der Waals surface area contributed by atoms with E-state index in [1.54, 1.807) is 0 Å². The number of hydrogen-bond acceptors (Lipinski definition) is 3. The Hall–Kier alpha value is -0.830. The Balaban J connectivity index is 1.86. The van der Waals surface area contributed by atoms with Crippen LogP contribution in [0.3, 0.4) is 0 Å². The Morgan fingerprint density at radius 1 is 1.54 bits per heavy atom. The average Bonchev–Trinajstić information content (AvgIpc) is 2.49. The first-order chi connectivity index (χ1) is 6.45. The van der Waals surface area contributed by atoms with Crippen LogP contribution in [0, 0.1) is 5.92 Å². The summed E-state index contributed by atoms with van der Waals surface area (Å²) in [7, 11) is 0. The number of rotatable bonds is 2. The maximum atomic E-state index is 5.24. The van der Waals surface area contributed by atoms with Crippen LogP contribution in [0.15, 0.2) is 17.0 Å². The predicted octanol–water partition coefficient (Wildman–Crippen LogP) is 1.61. The number of hydrogen-bond donors (Lipinski definition) is 1.